The van der Waals surface area contributed by atoms with Gasteiger partial charge in [-0.1, -0.05) is 53.4 Å². The van der Waals surface area contributed by atoms with Crippen LogP contribution < -0.4 is 5.32 Å². The second-order valence-electron chi connectivity index (χ2n) is 4.69. The first-order chi connectivity index (χ1) is 6.70. The van der Waals surface area contributed by atoms with Crippen molar-refractivity contribution in [2.24, 2.45) is 11.8 Å². The van der Waals surface area contributed by atoms with Crippen LogP contribution in [-0.4, -0.2) is 13.1 Å². The Hall–Kier alpha value is -0.0400. The summed E-state index contributed by atoms with van der Waals surface area (Å²) in [4.78, 5) is 0. The maximum Gasteiger partial charge on any atom is -0.00465 e. The molecule has 0 spiro atoms. The first kappa shape index (κ1) is 14.0. The molecule has 1 nitrogen and oxygen atoms in total. The Labute approximate surface area is 90.7 Å². The van der Waals surface area contributed by atoms with Gasteiger partial charge >= 0.3 is 0 Å². The largest absolute Gasteiger partial charge is 0.317 e. The topological polar surface area (TPSA) is 12.0 Å². The molecule has 2 atom stereocenters. The van der Waals surface area contributed by atoms with Gasteiger partial charge in [0.15, 0.2) is 0 Å². The zero-order valence-electron chi connectivity index (χ0n) is 10.6. The molecule has 0 radical (unpaired) electrons. The third-order valence-electron chi connectivity index (χ3n) is 3.15. The molecular weight excluding hydrogens is 170 g/mol. The molecule has 0 fully saturated rings. The van der Waals surface area contributed by atoms with Crippen LogP contribution in [0.5, 0.6) is 0 Å². The van der Waals surface area contributed by atoms with Gasteiger partial charge in [0.1, 0.15) is 0 Å². The van der Waals surface area contributed by atoms with Crippen molar-refractivity contribution in [1.29, 1.82) is 0 Å². The molecule has 2 unspecified atom stereocenters. The highest BCUT2D eigenvalue weighted by atomic mass is 14.8. The van der Waals surface area contributed by atoms with E-state index in [0.29, 0.717) is 0 Å². The first-order valence-electron chi connectivity index (χ1n) is 6.41. The Morgan fingerprint density at radius 1 is 0.929 bits per heavy atom. The minimum Gasteiger partial charge on any atom is -0.317 e. The SMILES string of the molecule is CCNCCC(C)CCCC(C)CC. The Morgan fingerprint density at radius 3 is 2.14 bits per heavy atom. The first-order valence-corrected chi connectivity index (χ1v) is 6.41. The molecule has 0 bridgehead atoms. The summed E-state index contributed by atoms with van der Waals surface area (Å²) in [5.74, 6) is 1.83. The fraction of sp³-hybridized carbons (Fsp3) is 1.00. The van der Waals surface area contributed by atoms with Crippen LogP contribution in [0.2, 0.25) is 0 Å². The van der Waals surface area contributed by atoms with Crippen LogP contribution in [0, 0.1) is 11.8 Å². The van der Waals surface area contributed by atoms with Crippen molar-refractivity contribution >= 4 is 0 Å². The maximum absolute atomic E-state index is 3.39. The monoisotopic (exact) mass is 199 g/mol. The van der Waals surface area contributed by atoms with Gasteiger partial charge in [-0.2, -0.15) is 0 Å². The molecular formula is C13H29N. The van der Waals surface area contributed by atoms with E-state index in [0.717, 1.165) is 18.4 Å². The summed E-state index contributed by atoms with van der Waals surface area (Å²) in [7, 11) is 0. The highest BCUT2D eigenvalue weighted by Gasteiger charge is 2.03. The minimum absolute atomic E-state index is 0.901. The fourth-order valence-electron chi connectivity index (χ4n) is 1.69. The summed E-state index contributed by atoms with van der Waals surface area (Å²) < 4.78 is 0. The summed E-state index contributed by atoms with van der Waals surface area (Å²) in [6, 6.07) is 0. The van der Waals surface area contributed by atoms with E-state index in [4.69, 9.17) is 0 Å². The lowest BCUT2D eigenvalue weighted by Gasteiger charge is -2.13. The van der Waals surface area contributed by atoms with Crippen LogP contribution >= 0.6 is 0 Å². The molecule has 0 saturated carbocycles. The Balaban J connectivity index is 3.21. The predicted octanol–water partition coefficient (Wildman–Crippen LogP) is 3.84. The molecule has 0 aliphatic carbocycles. The highest BCUT2D eigenvalue weighted by molar-refractivity contribution is 4.58. The van der Waals surface area contributed by atoms with Crippen molar-refractivity contribution in [2.75, 3.05) is 13.1 Å². The number of rotatable bonds is 9. The Bertz CT molecular complexity index is 112. The Kier molecular flexibility index (Phi) is 9.49. The average Bonchev–Trinajstić information content (AvgIpc) is 2.18. The van der Waals surface area contributed by atoms with E-state index in [2.05, 4.69) is 33.0 Å². The van der Waals surface area contributed by atoms with Gasteiger partial charge in [0.05, 0.1) is 0 Å². The van der Waals surface area contributed by atoms with Crippen molar-refractivity contribution in [3.63, 3.8) is 0 Å². The summed E-state index contributed by atoms with van der Waals surface area (Å²) in [5.41, 5.74) is 0. The molecule has 0 rings (SSSR count). The van der Waals surface area contributed by atoms with Crippen LogP contribution in [0.25, 0.3) is 0 Å². The van der Waals surface area contributed by atoms with Crippen LogP contribution in [0.15, 0.2) is 0 Å². The van der Waals surface area contributed by atoms with Crippen molar-refractivity contribution in [1.82, 2.24) is 5.32 Å². The third-order valence-corrected chi connectivity index (χ3v) is 3.15. The van der Waals surface area contributed by atoms with Gasteiger partial charge in [0.2, 0.25) is 0 Å². The molecule has 0 amide bonds. The van der Waals surface area contributed by atoms with E-state index in [-0.39, 0.29) is 0 Å². The lowest BCUT2D eigenvalue weighted by atomic mass is 9.95. The van der Waals surface area contributed by atoms with E-state index in [1.807, 2.05) is 0 Å². The molecule has 0 saturated heterocycles. The van der Waals surface area contributed by atoms with Crippen LogP contribution in [0.4, 0.5) is 0 Å². The summed E-state index contributed by atoms with van der Waals surface area (Å²) in [5, 5.41) is 3.39. The van der Waals surface area contributed by atoms with Gasteiger partial charge < -0.3 is 5.32 Å². The van der Waals surface area contributed by atoms with E-state index < -0.39 is 0 Å². The average molecular weight is 199 g/mol. The molecule has 0 aromatic rings. The number of hydrogen-bond acceptors (Lipinski definition) is 1. The van der Waals surface area contributed by atoms with Gasteiger partial charge in [-0.05, 0) is 31.3 Å². The summed E-state index contributed by atoms with van der Waals surface area (Å²) in [6.45, 7) is 11.5. The van der Waals surface area contributed by atoms with E-state index >= 15 is 0 Å². The van der Waals surface area contributed by atoms with Gasteiger partial charge in [0.25, 0.3) is 0 Å². The van der Waals surface area contributed by atoms with Crippen molar-refractivity contribution in [2.45, 2.75) is 59.8 Å². The molecule has 0 aromatic heterocycles. The lowest BCUT2D eigenvalue weighted by Crippen LogP contribution is -2.16. The second-order valence-corrected chi connectivity index (χ2v) is 4.69. The van der Waals surface area contributed by atoms with Crippen LogP contribution in [0.1, 0.15) is 59.8 Å². The van der Waals surface area contributed by atoms with Gasteiger partial charge in [-0.15, -0.1) is 0 Å². The van der Waals surface area contributed by atoms with E-state index in [9.17, 15) is 0 Å². The normalized spacial score (nSPS) is 15.4. The minimum atomic E-state index is 0.901. The van der Waals surface area contributed by atoms with Gasteiger partial charge in [-0.3, -0.25) is 0 Å². The molecule has 1 N–H and O–H groups in total. The third kappa shape index (κ3) is 8.55. The quantitative estimate of drug-likeness (QED) is 0.556. The fourth-order valence-corrected chi connectivity index (χ4v) is 1.69. The van der Waals surface area contributed by atoms with Gasteiger partial charge in [-0.25, -0.2) is 0 Å². The van der Waals surface area contributed by atoms with Crippen molar-refractivity contribution < 1.29 is 0 Å². The number of nitrogens with one attached hydrogen (secondary N) is 1. The summed E-state index contributed by atoms with van der Waals surface area (Å²) >= 11 is 0. The number of hydrogen-bond donors (Lipinski definition) is 1. The van der Waals surface area contributed by atoms with Gasteiger partial charge in [0, 0.05) is 0 Å². The predicted molar refractivity (Wildman–Crippen MR) is 65.6 cm³/mol. The van der Waals surface area contributed by atoms with E-state index in [1.165, 1.54) is 38.6 Å². The molecule has 0 aliphatic rings. The smallest absolute Gasteiger partial charge is 0.00465 e. The zero-order valence-corrected chi connectivity index (χ0v) is 10.6. The standard InChI is InChI=1S/C13H29N/c1-5-12(3)8-7-9-13(4)10-11-14-6-2/h12-14H,5-11H2,1-4H3. The molecule has 86 valence electrons. The Morgan fingerprint density at radius 2 is 1.57 bits per heavy atom. The molecule has 0 aliphatic heterocycles. The van der Waals surface area contributed by atoms with Crippen LogP contribution in [-0.2, 0) is 0 Å². The maximum atomic E-state index is 3.39. The zero-order chi connectivity index (χ0) is 10.8. The molecule has 1 heteroatoms. The molecule has 0 heterocycles. The van der Waals surface area contributed by atoms with Crippen molar-refractivity contribution in [3.05, 3.63) is 0 Å². The van der Waals surface area contributed by atoms with E-state index in [1.54, 1.807) is 0 Å². The highest BCUT2D eigenvalue weighted by Crippen LogP contribution is 2.16. The van der Waals surface area contributed by atoms with Crippen LogP contribution in [0.3, 0.4) is 0 Å². The molecule has 14 heavy (non-hydrogen) atoms. The van der Waals surface area contributed by atoms with Crippen molar-refractivity contribution in [3.8, 4) is 0 Å². The second kappa shape index (κ2) is 9.51. The molecule has 0 aromatic carbocycles. The summed E-state index contributed by atoms with van der Waals surface area (Å²) in [6.07, 6.45) is 6.93. The lowest BCUT2D eigenvalue weighted by molar-refractivity contribution is 0.413.